The molecule has 0 spiro atoms. The third-order valence-electron chi connectivity index (χ3n) is 3.64. The molecule has 3 N–H and O–H groups in total. The highest BCUT2D eigenvalue weighted by molar-refractivity contribution is 5.98. The molecule has 3 rings (SSSR count). The molecular formula is C13H17N3O. The van der Waals surface area contributed by atoms with Gasteiger partial charge in [0.05, 0.1) is 5.56 Å². The highest BCUT2D eigenvalue weighted by Gasteiger charge is 2.42. The zero-order valence-electron chi connectivity index (χ0n) is 9.73. The van der Waals surface area contributed by atoms with Crippen LogP contribution >= 0.6 is 0 Å². The SMILES string of the molecule is Nc1ncccc1C(=O)NC(C1CC1)C1CC1. The van der Waals surface area contributed by atoms with Gasteiger partial charge in [0.15, 0.2) is 0 Å². The first-order valence-electron chi connectivity index (χ1n) is 6.27. The van der Waals surface area contributed by atoms with Gasteiger partial charge in [0, 0.05) is 12.2 Å². The summed E-state index contributed by atoms with van der Waals surface area (Å²) in [6.45, 7) is 0. The summed E-state index contributed by atoms with van der Waals surface area (Å²) in [6, 6.07) is 3.84. The molecule has 17 heavy (non-hydrogen) atoms. The van der Waals surface area contributed by atoms with Crippen LogP contribution in [-0.4, -0.2) is 16.9 Å². The number of nitrogens with one attached hydrogen (secondary N) is 1. The number of nitrogen functional groups attached to an aromatic ring is 1. The van der Waals surface area contributed by atoms with Gasteiger partial charge in [-0.2, -0.15) is 0 Å². The average molecular weight is 231 g/mol. The van der Waals surface area contributed by atoms with Crippen molar-refractivity contribution in [1.29, 1.82) is 0 Å². The van der Waals surface area contributed by atoms with Gasteiger partial charge in [0.2, 0.25) is 0 Å². The van der Waals surface area contributed by atoms with E-state index in [1.807, 2.05) is 0 Å². The first-order chi connectivity index (χ1) is 8.25. The van der Waals surface area contributed by atoms with Crippen LogP contribution in [0.1, 0.15) is 36.0 Å². The molecule has 2 aliphatic carbocycles. The minimum atomic E-state index is -0.0700. The standard InChI is InChI=1S/C13H17N3O/c14-12-10(2-1-7-15-12)13(17)16-11(8-3-4-8)9-5-6-9/h1-2,7-9,11H,3-6H2,(H2,14,15)(H,16,17). The van der Waals surface area contributed by atoms with Gasteiger partial charge in [-0.1, -0.05) is 0 Å². The molecule has 2 saturated carbocycles. The Kier molecular flexibility index (Phi) is 2.50. The Morgan fingerprint density at radius 2 is 2.00 bits per heavy atom. The second-order valence-corrected chi connectivity index (χ2v) is 5.11. The molecule has 0 aliphatic heterocycles. The maximum Gasteiger partial charge on any atom is 0.255 e. The van der Waals surface area contributed by atoms with E-state index in [1.54, 1.807) is 18.3 Å². The fourth-order valence-corrected chi connectivity index (χ4v) is 2.37. The molecule has 0 bridgehead atoms. The summed E-state index contributed by atoms with van der Waals surface area (Å²) in [5, 5.41) is 3.14. The highest BCUT2D eigenvalue weighted by atomic mass is 16.1. The number of pyridine rings is 1. The lowest BCUT2D eigenvalue weighted by atomic mass is 10.1. The van der Waals surface area contributed by atoms with Gasteiger partial charge in [-0.3, -0.25) is 4.79 Å². The smallest absolute Gasteiger partial charge is 0.255 e. The molecule has 2 fully saturated rings. The van der Waals surface area contributed by atoms with Gasteiger partial charge in [0.1, 0.15) is 5.82 Å². The van der Waals surface area contributed by atoms with E-state index in [4.69, 9.17) is 5.73 Å². The number of hydrogen-bond acceptors (Lipinski definition) is 3. The van der Waals surface area contributed by atoms with Crippen molar-refractivity contribution < 1.29 is 4.79 Å². The molecule has 0 aromatic carbocycles. The molecule has 0 unspecified atom stereocenters. The summed E-state index contributed by atoms with van der Waals surface area (Å²) in [6.07, 6.45) is 6.62. The van der Waals surface area contributed by atoms with Gasteiger partial charge in [-0.15, -0.1) is 0 Å². The van der Waals surface area contributed by atoms with Crippen molar-refractivity contribution in [3.05, 3.63) is 23.9 Å². The number of aromatic nitrogens is 1. The largest absolute Gasteiger partial charge is 0.383 e. The third kappa shape index (κ3) is 2.25. The number of anilines is 1. The number of amides is 1. The molecular weight excluding hydrogens is 214 g/mol. The minimum Gasteiger partial charge on any atom is -0.383 e. The van der Waals surface area contributed by atoms with Gasteiger partial charge in [-0.25, -0.2) is 4.98 Å². The van der Waals surface area contributed by atoms with E-state index in [0.717, 1.165) is 0 Å². The van der Waals surface area contributed by atoms with Crippen LogP contribution in [-0.2, 0) is 0 Å². The quantitative estimate of drug-likeness (QED) is 0.826. The van der Waals surface area contributed by atoms with E-state index in [2.05, 4.69) is 10.3 Å². The van der Waals surface area contributed by atoms with Crippen molar-refractivity contribution in [1.82, 2.24) is 10.3 Å². The lowest BCUT2D eigenvalue weighted by Crippen LogP contribution is -2.38. The summed E-state index contributed by atoms with van der Waals surface area (Å²) >= 11 is 0. The van der Waals surface area contributed by atoms with E-state index < -0.39 is 0 Å². The molecule has 4 heteroatoms. The normalized spacial score (nSPS) is 19.4. The van der Waals surface area contributed by atoms with Crippen molar-refractivity contribution in [3.8, 4) is 0 Å². The van der Waals surface area contributed by atoms with Crippen LogP contribution in [0.25, 0.3) is 0 Å². The van der Waals surface area contributed by atoms with Crippen molar-refractivity contribution in [2.75, 3.05) is 5.73 Å². The van der Waals surface area contributed by atoms with Crippen LogP contribution in [0, 0.1) is 11.8 Å². The highest BCUT2D eigenvalue weighted by Crippen LogP contribution is 2.44. The molecule has 90 valence electrons. The predicted octanol–water partition coefficient (Wildman–Crippen LogP) is 1.58. The number of nitrogens with zero attached hydrogens (tertiary/aromatic N) is 1. The Balaban J connectivity index is 1.71. The first-order valence-corrected chi connectivity index (χ1v) is 6.27. The summed E-state index contributed by atoms with van der Waals surface area (Å²) in [7, 11) is 0. The number of hydrogen-bond donors (Lipinski definition) is 2. The van der Waals surface area contributed by atoms with E-state index in [1.165, 1.54) is 25.7 Å². The van der Waals surface area contributed by atoms with Crippen molar-refractivity contribution >= 4 is 11.7 Å². The Morgan fingerprint density at radius 1 is 1.35 bits per heavy atom. The Labute approximate surface area is 101 Å². The fourth-order valence-electron chi connectivity index (χ4n) is 2.37. The average Bonchev–Trinajstić information content (AvgIpc) is 3.16. The zero-order chi connectivity index (χ0) is 11.8. The maximum atomic E-state index is 12.1. The van der Waals surface area contributed by atoms with Crippen LogP contribution in [0.3, 0.4) is 0 Å². The third-order valence-corrected chi connectivity index (χ3v) is 3.64. The number of rotatable bonds is 4. The topological polar surface area (TPSA) is 68.0 Å². The fraction of sp³-hybridized carbons (Fsp3) is 0.538. The van der Waals surface area contributed by atoms with Crippen molar-refractivity contribution in [2.45, 2.75) is 31.7 Å². The molecule has 0 atom stereocenters. The van der Waals surface area contributed by atoms with Gasteiger partial charge in [-0.05, 0) is 49.7 Å². The van der Waals surface area contributed by atoms with Crippen LogP contribution < -0.4 is 11.1 Å². The van der Waals surface area contributed by atoms with Crippen molar-refractivity contribution in [2.24, 2.45) is 11.8 Å². The predicted molar refractivity (Wildman–Crippen MR) is 65.4 cm³/mol. The van der Waals surface area contributed by atoms with E-state index >= 15 is 0 Å². The molecule has 0 radical (unpaired) electrons. The molecule has 2 aliphatic rings. The molecule has 1 aromatic heterocycles. The number of carbonyl (C=O) groups is 1. The maximum absolute atomic E-state index is 12.1. The number of nitrogens with two attached hydrogens (primary N) is 1. The summed E-state index contributed by atoms with van der Waals surface area (Å²) in [5.41, 5.74) is 6.21. The van der Waals surface area contributed by atoms with E-state index in [-0.39, 0.29) is 5.91 Å². The molecule has 4 nitrogen and oxygen atoms in total. The minimum absolute atomic E-state index is 0.0700. The van der Waals surface area contributed by atoms with Gasteiger partial charge >= 0.3 is 0 Å². The monoisotopic (exact) mass is 231 g/mol. The molecule has 1 heterocycles. The summed E-state index contributed by atoms with van der Waals surface area (Å²) in [4.78, 5) is 16.1. The molecule has 1 amide bonds. The van der Waals surface area contributed by atoms with Crippen LogP contribution in [0.4, 0.5) is 5.82 Å². The van der Waals surface area contributed by atoms with Crippen LogP contribution in [0.5, 0.6) is 0 Å². The molecule has 1 aromatic rings. The van der Waals surface area contributed by atoms with E-state index in [0.29, 0.717) is 29.3 Å². The Hall–Kier alpha value is -1.58. The Bertz CT molecular complexity index is 426. The summed E-state index contributed by atoms with van der Waals surface area (Å²) < 4.78 is 0. The second-order valence-electron chi connectivity index (χ2n) is 5.11. The first kappa shape index (κ1) is 10.6. The lowest BCUT2D eigenvalue weighted by molar-refractivity contribution is 0.0927. The molecule has 0 saturated heterocycles. The van der Waals surface area contributed by atoms with E-state index in [9.17, 15) is 4.79 Å². The van der Waals surface area contributed by atoms with Crippen LogP contribution in [0.2, 0.25) is 0 Å². The van der Waals surface area contributed by atoms with Gasteiger partial charge < -0.3 is 11.1 Å². The zero-order valence-corrected chi connectivity index (χ0v) is 9.73. The Morgan fingerprint density at radius 3 is 2.53 bits per heavy atom. The summed E-state index contributed by atoms with van der Waals surface area (Å²) in [5.74, 6) is 1.64. The van der Waals surface area contributed by atoms with Crippen LogP contribution in [0.15, 0.2) is 18.3 Å². The van der Waals surface area contributed by atoms with Gasteiger partial charge in [0.25, 0.3) is 5.91 Å². The number of carbonyl (C=O) groups excluding carboxylic acids is 1. The van der Waals surface area contributed by atoms with Crippen molar-refractivity contribution in [3.63, 3.8) is 0 Å². The second kappa shape index (κ2) is 4.02. The lowest BCUT2D eigenvalue weighted by Gasteiger charge is -2.17.